The standard InChI is InChI=1S/C21H18N2O/c1-13-2-6-15(7-3-13)21-17-11-16(24)8-9-19(17)23-20(18(21)12-22)10-14-4-5-14/h2-3,6-9,11,14,24H,4-5,10H2,1H3. The molecule has 1 aromatic heterocycles. The van der Waals surface area contributed by atoms with Gasteiger partial charge in [0.15, 0.2) is 0 Å². The van der Waals surface area contributed by atoms with Crippen LogP contribution < -0.4 is 0 Å². The smallest absolute Gasteiger partial charge is 0.116 e. The molecule has 0 amide bonds. The lowest BCUT2D eigenvalue weighted by Crippen LogP contribution is -2.01. The van der Waals surface area contributed by atoms with Gasteiger partial charge in [-0.15, -0.1) is 0 Å². The number of nitrogens with zero attached hydrogens (tertiary/aromatic N) is 2. The Morgan fingerprint density at radius 1 is 1.17 bits per heavy atom. The fourth-order valence-electron chi connectivity index (χ4n) is 3.19. The summed E-state index contributed by atoms with van der Waals surface area (Å²) in [5.41, 5.74) is 5.41. The van der Waals surface area contributed by atoms with Gasteiger partial charge in [0.2, 0.25) is 0 Å². The second-order valence-electron chi connectivity index (χ2n) is 6.64. The summed E-state index contributed by atoms with van der Waals surface area (Å²) >= 11 is 0. The first kappa shape index (κ1) is 14.7. The molecular weight excluding hydrogens is 296 g/mol. The molecule has 0 spiro atoms. The number of aryl methyl sites for hydroxylation is 1. The first-order valence-electron chi connectivity index (χ1n) is 8.28. The van der Waals surface area contributed by atoms with E-state index in [0.717, 1.165) is 34.1 Å². The average Bonchev–Trinajstić information content (AvgIpc) is 3.39. The average molecular weight is 314 g/mol. The van der Waals surface area contributed by atoms with Crippen LogP contribution in [0, 0.1) is 24.2 Å². The molecule has 1 heterocycles. The van der Waals surface area contributed by atoms with Crippen molar-refractivity contribution in [1.29, 1.82) is 5.26 Å². The highest BCUT2D eigenvalue weighted by molar-refractivity contribution is 5.98. The predicted molar refractivity (Wildman–Crippen MR) is 94.7 cm³/mol. The molecule has 0 atom stereocenters. The molecule has 0 saturated heterocycles. The molecule has 3 heteroatoms. The molecule has 1 aliphatic rings. The third kappa shape index (κ3) is 2.61. The normalized spacial score (nSPS) is 13.8. The van der Waals surface area contributed by atoms with E-state index in [1.807, 2.05) is 37.3 Å². The van der Waals surface area contributed by atoms with Crippen LogP contribution in [0.25, 0.3) is 22.0 Å². The van der Waals surface area contributed by atoms with Gasteiger partial charge in [0, 0.05) is 10.9 Å². The maximum Gasteiger partial charge on any atom is 0.116 e. The van der Waals surface area contributed by atoms with Gasteiger partial charge in [-0.05, 0) is 55.9 Å². The van der Waals surface area contributed by atoms with E-state index in [0.29, 0.717) is 11.5 Å². The number of hydrogen-bond donors (Lipinski definition) is 1. The van der Waals surface area contributed by atoms with E-state index in [1.165, 1.54) is 18.4 Å². The molecule has 0 aliphatic heterocycles. The summed E-state index contributed by atoms with van der Waals surface area (Å²) in [6.45, 7) is 2.05. The molecule has 3 nitrogen and oxygen atoms in total. The number of fused-ring (bicyclic) bond motifs is 1. The largest absolute Gasteiger partial charge is 0.508 e. The molecule has 118 valence electrons. The van der Waals surface area contributed by atoms with Crippen molar-refractivity contribution in [2.75, 3.05) is 0 Å². The minimum atomic E-state index is 0.191. The van der Waals surface area contributed by atoms with Gasteiger partial charge in [0.05, 0.1) is 16.8 Å². The Hall–Kier alpha value is -2.86. The van der Waals surface area contributed by atoms with Gasteiger partial charge in [0.1, 0.15) is 11.8 Å². The van der Waals surface area contributed by atoms with E-state index >= 15 is 0 Å². The number of aromatic nitrogens is 1. The van der Waals surface area contributed by atoms with Crippen LogP contribution in [0.1, 0.15) is 29.7 Å². The number of pyridine rings is 1. The molecule has 3 aromatic rings. The highest BCUT2D eigenvalue weighted by atomic mass is 16.3. The van der Waals surface area contributed by atoms with Gasteiger partial charge in [-0.2, -0.15) is 5.26 Å². The molecule has 0 unspecified atom stereocenters. The van der Waals surface area contributed by atoms with Crippen LogP contribution in [0.3, 0.4) is 0 Å². The van der Waals surface area contributed by atoms with Crippen molar-refractivity contribution >= 4 is 10.9 Å². The van der Waals surface area contributed by atoms with E-state index < -0.39 is 0 Å². The predicted octanol–water partition coefficient (Wildman–Crippen LogP) is 4.74. The Kier molecular flexibility index (Phi) is 3.46. The second-order valence-corrected chi connectivity index (χ2v) is 6.64. The maximum absolute atomic E-state index is 9.92. The van der Waals surface area contributed by atoms with Crippen molar-refractivity contribution in [3.05, 3.63) is 59.3 Å². The molecule has 2 aromatic carbocycles. The number of rotatable bonds is 3. The van der Waals surface area contributed by atoms with Gasteiger partial charge >= 0.3 is 0 Å². The molecule has 0 bridgehead atoms. The highest BCUT2D eigenvalue weighted by Crippen LogP contribution is 2.38. The van der Waals surface area contributed by atoms with Gasteiger partial charge in [-0.3, -0.25) is 4.98 Å². The van der Waals surface area contributed by atoms with Crippen LogP contribution in [-0.4, -0.2) is 10.1 Å². The molecule has 4 rings (SSSR count). The van der Waals surface area contributed by atoms with Crippen molar-refractivity contribution in [3.63, 3.8) is 0 Å². The Bertz CT molecular complexity index is 964. The highest BCUT2D eigenvalue weighted by Gasteiger charge is 2.25. The molecular formula is C21H18N2O. The zero-order chi connectivity index (χ0) is 16.7. The van der Waals surface area contributed by atoms with Gasteiger partial charge in [-0.25, -0.2) is 0 Å². The molecule has 1 N–H and O–H groups in total. The third-order valence-corrected chi connectivity index (χ3v) is 4.67. The molecule has 1 fully saturated rings. The van der Waals surface area contributed by atoms with Gasteiger partial charge in [0.25, 0.3) is 0 Å². The fraction of sp³-hybridized carbons (Fsp3) is 0.238. The lowest BCUT2D eigenvalue weighted by atomic mass is 9.92. The number of aromatic hydroxyl groups is 1. The number of benzene rings is 2. The van der Waals surface area contributed by atoms with Crippen molar-refractivity contribution in [2.45, 2.75) is 26.2 Å². The minimum absolute atomic E-state index is 0.191. The summed E-state index contributed by atoms with van der Waals surface area (Å²) in [6.07, 6.45) is 3.30. The number of nitriles is 1. The van der Waals surface area contributed by atoms with Gasteiger partial charge in [-0.1, -0.05) is 29.8 Å². The van der Waals surface area contributed by atoms with Crippen LogP contribution in [0.5, 0.6) is 5.75 Å². The summed E-state index contributed by atoms with van der Waals surface area (Å²) in [6, 6.07) is 15.7. The number of hydrogen-bond acceptors (Lipinski definition) is 3. The van der Waals surface area contributed by atoms with Crippen molar-refractivity contribution in [1.82, 2.24) is 4.98 Å². The van der Waals surface area contributed by atoms with E-state index in [1.54, 1.807) is 12.1 Å². The Morgan fingerprint density at radius 2 is 1.92 bits per heavy atom. The first-order valence-corrected chi connectivity index (χ1v) is 8.28. The van der Waals surface area contributed by atoms with E-state index in [9.17, 15) is 10.4 Å². The first-order chi connectivity index (χ1) is 11.7. The third-order valence-electron chi connectivity index (χ3n) is 4.67. The van der Waals surface area contributed by atoms with Crippen molar-refractivity contribution in [2.24, 2.45) is 5.92 Å². The van der Waals surface area contributed by atoms with E-state index in [2.05, 4.69) is 6.07 Å². The number of phenolic OH excluding ortho intramolecular Hbond substituents is 1. The Labute approximate surface area is 141 Å². The van der Waals surface area contributed by atoms with E-state index in [4.69, 9.17) is 4.98 Å². The minimum Gasteiger partial charge on any atom is -0.508 e. The van der Waals surface area contributed by atoms with Gasteiger partial charge < -0.3 is 5.11 Å². The van der Waals surface area contributed by atoms with Crippen LogP contribution in [0.15, 0.2) is 42.5 Å². The molecule has 24 heavy (non-hydrogen) atoms. The van der Waals surface area contributed by atoms with Crippen molar-refractivity contribution < 1.29 is 5.11 Å². The van der Waals surface area contributed by atoms with Crippen molar-refractivity contribution in [3.8, 4) is 22.9 Å². The van der Waals surface area contributed by atoms with E-state index in [-0.39, 0.29) is 5.75 Å². The topological polar surface area (TPSA) is 56.9 Å². The molecule has 0 radical (unpaired) electrons. The summed E-state index contributed by atoms with van der Waals surface area (Å²) in [5, 5.41) is 20.6. The summed E-state index contributed by atoms with van der Waals surface area (Å²) in [5.74, 6) is 0.849. The quantitative estimate of drug-likeness (QED) is 0.759. The Morgan fingerprint density at radius 3 is 2.58 bits per heavy atom. The SMILES string of the molecule is Cc1ccc(-c2c(C#N)c(CC3CC3)nc3ccc(O)cc23)cc1. The van der Waals surface area contributed by atoms with Crippen LogP contribution in [0.4, 0.5) is 0 Å². The molecule has 1 aliphatic carbocycles. The van der Waals surface area contributed by atoms with Crippen LogP contribution in [-0.2, 0) is 6.42 Å². The fourth-order valence-corrected chi connectivity index (χ4v) is 3.19. The second kappa shape index (κ2) is 5.65. The zero-order valence-electron chi connectivity index (χ0n) is 13.6. The summed E-state index contributed by atoms with van der Waals surface area (Å²) in [4.78, 5) is 4.74. The molecule has 1 saturated carbocycles. The lowest BCUT2D eigenvalue weighted by molar-refractivity contribution is 0.476. The monoisotopic (exact) mass is 314 g/mol. The summed E-state index contributed by atoms with van der Waals surface area (Å²) < 4.78 is 0. The number of phenols is 1. The Balaban J connectivity index is 2.04. The summed E-state index contributed by atoms with van der Waals surface area (Å²) in [7, 11) is 0. The van der Waals surface area contributed by atoms with Crippen LogP contribution in [0.2, 0.25) is 0 Å². The van der Waals surface area contributed by atoms with Crippen LogP contribution >= 0.6 is 0 Å². The lowest BCUT2D eigenvalue weighted by Gasteiger charge is -2.14. The zero-order valence-corrected chi connectivity index (χ0v) is 13.6. The maximum atomic E-state index is 9.92.